The molecule has 0 spiro atoms. The van der Waals surface area contributed by atoms with Gasteiger partial charge in [-0.1, -0.05) is 97.5 Å². The van der Waals surface area contributed by atoms with Gasteiger partial charge in [0.05, 0.1) is 7.11 Å². The van der Waals surface area contributed by atoms with Gasteiger partial charge >= 0.3 is 17.9 Å². The van der Waals surface area contributed by atoms with Gasteiger partial charge in [0.2, 0.25) is 0 Å². The summed E-state index contributed by atoms with van der Waals surface area (Å²) in [6, 6.07) is 6.23. The second-order valence-corrected chi connectivity index (χ2v) is 11.7. The second-order valence-electron chi connectivity index (χ2n) is 10.7. The summed E-state index contributed by atoms with van der Waals surface area (Å²) in [6.07, 6.45) is 27.6. The number of piperidine rings is 1. The molecule has 1 aromatic carbocycles. The number of likely N-dealkylation sites (tertiary alicyclic amines) is 1. The van der Waals surface area contributed by atoms with Gasteiger partial charge in [0, 0.05) is 35.9 Å². The summed E-state index contributed by atoms with van der Waals surface area (Å²) in [4.78, 5) is 51.6. The van der Waals surface area contributed by atoms with Crippen LogP contribution in [0.5, 0.6) is 0 Å². The van der Waals surface area contributed by atoms with E-state index in [1.54, 1.807) is 24.3 Å². The average molecular weight is 668 g/mol. The highest BCUT2D eigenvalue weighted by atomic mass is 35.5. The van der Waals surface area contributed by atoms with E-state index < -0.39 is 30.4 Å². The van der Waals surface area contributed by atoms with E-state index in [1.165, 1.54) is 13.2 Å². The SMILES string of the molecule is CC/C=C\C/C=C\C/C=C\C/C=C\C/C=C\CCC(=O)CC(=O)OC(=O)/C=C1/CN([C@H](C(=O)OC)c2ccccc2Cl)CCC1S. The molecule has 0 bridgehead atoms. The number of benzene rings is 1. The maximum Gasteiger partial charge on any atom is 0.338 e. The minimum atomic E-state index is -0.900. The van der Waals surface area contributed by atoms with E-state index in [0.717, 1.165) is 32.1 Å². The van der Waals surface area contributed by atoms with Crippen molar-refractivity contribution < 1.29 is 28.7 Å². The molecule has 1 saturated heterocycles. The third kappa shape index (κ3) is 15.2. The first-order valence-corrected chi connectivity index (χ1v) is 16.6. The van der Waals surface area contributed by atoms with Gasteiger partial charge in [-0.2, -0.15) is 12.6 Å². The topological polar surface area (TPSA) is 90.0 Å². The van der Waals surface area contributed by atoms with Crippen LogP contribution in [-0.4, -0.2) is 54.0 Å². The number of methoxy groups -OCH3 is 1. The predicted octanol–water partition coefficient (Wildman–Crippen LogP) is 8.05. The van der Waals surface area contributed by atoms with Gasteiger partial charge in [0.15, 0.2) is 0 Å². The van der Waals surface area contributed by atoms with Gasteiger partial charge < -0.3 is 9.47 Å². The molecule has 0 aliphatic carbocycles. The lowest BCUT2D eigenvalue weighted by atomic mass is 9.98. The third-order valence-electron chi connectivity index (χ3n) is 7.10. The molecule has 1 fully saturated rings. The Balaban J connectivity index is 1.73. The van der Waals surface area contributed by atoms with E-state index in [4.69, 9.17) is 21.1 Å². The smallest absolute Gasteiger partial charge is 0.338 e. The van der Waals surface area contributed by atoms with Gasteiger partial charge in [-0.15, -0.1) is 0 Å². The van der Waals surface area contributed by atoms with Crippen LogP contribution in [0.15, 0.2) is 96.7 Å². The van der Waals surface area contributed by atoms with Crippen molar-refractivity contribution in [3.05, 3.63) is 107 Å². The first-order chi connectivity index (χ1) is 22.3. The Labute approximate surface area is 284 Å². The van der Waals surface area contributed by atoms with Crippen LogP contribution in [0.1, 0.15) is 76.3 Å². The highest BCUT2D eigenvalue weighted by Gasteiger charge is 2.34. The number of nitrogens with zero attached hydrogens (tertiary/aromatic N) is 1. The molecule has 9 heteroatoms. The summed E-state index contributed by atoms with van der Waals surface area (Å²) < 4.78 is 9.93. The van der Waals surface area contributed by atoms with E-state index in [0.29, 0.717) is 35.5 Å². The number of rotatable bonds is 18. The zero-order chi connectivity index (χ0) is 33.6. The van der Waals surface area contributed by atoms with Gasteiger partial charge in [0.25, 0.3) is 0 Å². The van der Waals surface area contributed by atoms with Gasteiger partial charge in [-0.25, -0.2) is 9.59 Å². The molecular formula is C37H46ClNO6S. The third-order valence-corrected chi connectivity index (χ3v) is 8.03. The lowest BCUT2D eigenvalue weighted by Gasteiger charge is -2.36. The first kappa shape index (κ1) is 38.7. The van der Waals surface area contributed by atoms with Gasteiger partial charge in [-0.05, 0) is 62.1 Å². The highest BCUT2D eigenvalue weighted by Crippen LogP contribution is 2.33. The van der Waals surface area contributed by atoms with Crippen molar-refractivity contribution >= 4 is 47.9 Å². The second kappa shape index (κ2) is 23.0. The lowest BCUT2D eigenvalue weighted by molar-refractivity contribution is -0.156. The number of thiol groups is 1. The first-order valence-electron chi connectivity index (χ1n) is 15.7. The Morgan fingerprint density at radius 3 is 2.11 bits per heavy atom. The summed E-state index contributed by atoms with van der Waals surface area (Å²) in [5, 5.41) is 0.154. The summed E-state index contributed by atoms with van der Waals surface area (Å²) in [6.45, 7) is 2.85. The van der Waals surface area contributed by atoms with Crippen LogP contribution in [0.4, 0.5) is 0 Å². The number of allylic oxidation sites excluding steroid dienone is 10. The monoisotopic (exact) mass is 667 g/mol. The van der Waals surface area contributed by atoms with Crippen LogP contribution in [0, 0.1) is 0 Å². The normalized spacial score (nSPS) is 17.6. The molecule has 2 rings (SSSR count). The molecule has 248 valence electrons. The minimum absolute atomic E-state index is 0.180. The number of hydrogen-bond acceptors (Lipinski definition) is 8. The van der Waals surface area contributed by atoms with Crippen molar-refractivity contribution in [2.75, 3.05) is 20.2 Å². The lowest BCUT2D eigenvalue weighted by Crippen LogP contribution is -2.42. The molecule has 46 heavy (non-hydrogen) atoms. The minimum Gasteiger partial charge on any atom is -0.468 e. The quantitative estimate of drug-likeness (QED) is 0.0557. The Morgan fingerprint density at radius 1 is 0.935 bits per heavy atom. The van der Waals surface area contributed by atoms with Crippen molar-refractivity contribution in [3.63, 3.8) is 0 Å². The van der Waals surface area contributed by atoms with Crippen LogP contribution in [-0.2, 0) is 28.7 Å². The Bertz CT molecular complexity index is 1330. The van der Waals surface area contributed by atoms with Gasteiger partial charge in [-0.3, -0.25) is 14.5 Å². The van der Waals surface area contributed by atoms with Crippen molar-refractivity contribution in [1.82, 2.24) is 4.90 Å². The fraction of sp³-hybridized carbons (Fsp3) is 0.405. The summed E-state index contributed by atoms with van der Waals surface area (Å²) >= 11 is 10.9. The zero-order valence-electron chi connectivity index (χ0n) is 26.8. The van der Waals surface area contributed by atoms with E-state index in [9.17, 15) is 19.2 Å². The zero-order valence-corrected chi connectivity index (χ0v) is 28.5. The molecule has 1 unspecified atom stereocenters. The largest absolute Gasteiger partial charge is 0.468 e. The molecule has 0 radical (unpaired) electrons. The highest BCUT2D eigenvalue weighted by molar-refractivity contribution is 7.81. The molecular weight excluding hydrogens is 622 g/mol. The molecule has 0 aromatic heterocycles. The Morgan fingerprint density at radius 2 is 1.52 bits per heavy atom. The maximum atomic E-state index is 12.7. The number of carbonyl (C=O) groups is 4. The number of ether oxygens (including phenoxy) is 2. The standard InChI is InChI=1S/C37H46ClNO6S/c1-3-4-5-6-7-8-9-10-11-12-13-14-15-16-17-18-21-30(40)27-35(42)45-34(41)26-29-28-39(25-24-33(29)46)36(37(43)44-2)31-22-19-20-23-32(31)38/h4-5,7-8,10-11,13-14,16-17,19-20,22-23,26,33,36,46H,3,6,9,12,15,18,21,24-25,27-28H2,1-2H3/b5-4-,8-7-,11-10-,14-13-,17-16-,29-26-/t33?,36-/m0/s1. The molecule has 0 N–H and O–H groups in total. The average Bonchev–Trinajstić information content (AvgIpc) is 3.03. The number of carbonyl (C=O) groups excluding carboxylic acids is 4. The molecule has 1 aromatic rings. The Kier molecular flexibility index (Phi) is 19.3. The molecule has 2 atom stereocenters. The number of Topliss-reactive ketones (excluding diaryl/α,β-unsaturated/α-hetero) is 1. The van der Waals surface area contributed by atoms with Crippen LogP contribution >= 0.6 is 24.2 Å². The maximum absolute atomic E-state index is 12.7. The summed E-state index contributed by atoms with van der Waals surface area (Å²) in [5.74, 6) is -2.56. The van der Waals surface area contributed by atoms with E-state index >= 15 is 0 Å². The van der Waals surface area contributed by atoms with Crippen molar-refractivity contribution in [2.45, 2.75) is 76.0 Å². The Hall–Kier alpha value is -3.46. The molecule has 0 saturated carbocycles. The fourth-order valence-electron chi connectivity index (χ4n) is 4.73. The predicted molar refractivity (Wildman–Crippen MR) is 188 cm³/mol. The molecule has 7 nitrogen and oxygen atoms in total. The van der Waals surface area contributed by atoms with E-state index in [-0.39, 0.29) is 24.0 Å². The number of ketones is 1. The number of halogens is 1. The van der Waals surface area contributed by atoms with Crippen LogP contribution in [0.25, 0.3) is 0 Å². The number of hydrogen-bond donors (Lipinski definition) is 1. The summed E-state index contributed by atoms with van der Waals surface area (Å²) in [7, 11) is 1.31. The van der Waals surface area contributed by atoms with E-state index in [1.807, 2.05) is 17.1 Å². The fourth-order valence-corrected chi connectivity index (χ4v) is 5.24. The molecule has 1 aliphatic heterocycles. The number of esters is 3. The van der Waals surface area contributed by atoms with Crippen LogP contribution in [0.3, 0.4) is 0 Å². The van der Waals surface area contributed by atoms with Crippen molar-refractivity contribution in [2.24, 2.45) is 0 Å². The van der Waals surface area contributed by atoms with Crippen molar-refractivity contribution in [1.29, 1.82) is 0 Å². The van der Waals surface area contributed by atoms with Crippen LogP contribution < -0.4 is 0 Å². The molecule has 1 aliphatic rings. The molecule has 1 heterocycles. The van der Waals surface area contributed by atoms with E-state index in [2.05, 4.69) is 68.2 Å². The molecule has 0 amide bonds. The van der Waals surface area contributed by atoms with Crippen molar-refractivity contribution in [3.8, 4) is 0 Å². The van der Waals surface area contributed by atoms with Crippen LogP contribution in [0.2, 0.25) is 5.02 Å². The summed E-state index contributed by atoms with van der Waals surface area (Å²) in [5.41, 5.74) is 1.17. The van der Waals surface area contributed by atoms with Gasteiger partial charge in [0.1, 0.15) is 18.2 Å².